The van der Waals surface area contributed by atoms with E-state index in [0.29, 0.717) is 0 Å². The lowest BCUT2D eigenvalue weighted by molar-refractivity contribution is 0.669. The van der Waals surface area contributed by atoms with Gasteiger partial charge in [-0.3, -0.25) is 0 Å². The molecule has 0 spiro atoms. The molecule has 0 amide bonds. The lowest BCUT2D eigenvalue weighted by Gasteiger charge is -2.16. The SMILES string of the molecule is c1ccc(-n2c3ccc(-c4ccc5c(c4)-c4ccccc4C5c4ccc5ccccc5c4)cc3c3cc4oc5ccccc5c4cc32)cc1. The fourth-order valence-corrected chi connectivity index (χ4v) is 8.40. The number of para-hydroxylation sites is 2. The molecule has 0 radical (unpaired) electrons. The molecule has 2 aromatic heterocycles. The summed E-state index contributed by atoms with van der Waals surface area (Å²) in [5.41, 5.74) is 14.5. The molecule has 10 aromatic rings. The van der Waals surface area contributed by atoms with E-state index in [2.05, 4.69) is 168 Å². The Morgan fingerprint density at radius 3 is 2.08 bits per heavy atom. The fraction of sp³-hybridized carbons (Fsp3) is 0.0213. The van der Waals surface area contributed by atoms with Crippen molar-refractivity contribution in [2.24, 2.45) is 0 Å². The van der Waals surface area contributed by atoms with Crippen molar-refractivity contribution in [1.82, 2.24) is 4.57 Å². The Morgan fingerprint density at radius 2 is 1.14 bits per heavy atom. The van der Waals surface area contributed by atoms with E-state index in [4.69, 9.17) is 4.42 Å². The van der Waals surface area contributed by atoms with Gasteiger partial charge in [-0.15, -0.1) is 0 Å². The second-order valence-electron chi connectivity index (χ2n) is 13.3. The Balaban J connectivity index is 1.11. The molecule has 0 saturated carbocycles. The van der Waals surface area contributed by atoms with Crippen molar-refractivity contribution in [1.29, 1.82) is 0 Å². The maximum atomic E-state index is 6.38. The number of aromatic nitrogens is 1. The van der Waals surface area contributed by atoms with Crippen molar-refractivity contribution >= 4 is 54.5 Å². The molecule has 0 saturated heterocycles. The van der Waals surface area contributed by atoms with E-state index in [1.54, 1.807) is 0 Å². The van der Waals surface area contributed by atoms with Gasteiger partial charge in [0.2, 0.25) is 0 Å². The van der Waals surface area contributed by atoms with Gasteiger partial charge in [0.05, 0.1) is 11.0 Å². The van der Waals surface area contributed by atoms with E-state index in [9.17, 15) is 0 Å². The summed E-state index contributed by atoms with van der Waals surface area (Å²) in [6.45, 7) is 0. The number of hydrogen-bond donors (Lipinski definition) is 0. The van der Waals surface area contributed by atoms with Crippen molar-refractivity contribution in [3.05, 3.63) is 187 Å². The molecule has 228 valence electrons. The van der Waals surface area contributed by atoms with Gasteiger partial charge in [-0.05, 0) is 98.2 Å². The Kier molecular flexibility index (Phi) is 5.47. The van der Waals surface area contributed by atoms with Crippen LogP contribution < -0.4 is 0 Å². The van der Waals surface area contributed by atoms with Gasteiger partial charge in [-0.1, -0.05) is 121 Å². The molecule has 0 bridgehead atoms. The predicted octanol–water partition coefficient (Wildman–Crippen LogP) is 12.7. The van der Waals surface area contributed by atoms with Crippen LogP contribution in [0, 0.1) is 0 Å². The summed E-state index contributed by atoms with van der Waals surface area (Å²) in [5.74, 6) is 0.211. The minimum Gasteiger partial charge on any atom is -0.456 e. The second kappa shape index (κ2) is 10.1. The monoisotopic (exact) mass is 623 g/mol. The van der Waals surface area contributed by atoms with Gasteiger partial charge in [0, 0.05) is 33.2 Å². The molecular weight excluding hydrogens is 595 g/mol. The van der Waals surface area contributed by atoms with Gasteiger partial charge in [-0.2, -0.15) is 0 Å². The maximum absolute atomic E-state index is 6.38. The van der Waals surface area contributed by atoms with Crippen LogP contribution in [0.4, 0.5) is 0 Å². The molecule has 8 aromatic carbocycles. The first-order chi connectivity index (χ1) is 24.3. The largest absolute Gasteiger partial charge is 0.456 e. The number of hydrogen-bond acceptors (Lipinski definition) is 1. The van der Waals surface area contributed by atoms with Crippen LogP contribution in [0.15, 0.2) is 174 Å². The molecule has 11 rings (SSSR count). The summed E-state index contributed by atoms with van der Waals surface area (Å²) >= 11 is 0. The average Bonchev–Trinajstić information content (AvgIpc) is 3.80. The molecule has 0 fully saturated rings. The van der Waals surface area contributed by atoms with Crippen LogP contribution in [-0.2, 0) is 0 Å². The molecule has 49 heavy (non-hydrogen) atoms. The zero-order chi connectivity index (χ0) is 32.1. The van der Waals surface area contributed by atoms with E-state index in [0.717, 1.165) is 27.6 Å². The normalized spacial score (nSPS) is 13.9. The third-order valence-corrected chi connectivity index (χ3v) is 10.6. The first-order valence-corrected chi connectivity index (χ1v) is 17.0. The Bertz CT molecular complexity index is 2940. The molecule has 0 aliphatic heterocycles. The second-order valence-corrected chi connectivity index (χ2v) is 13.3. The highest BCUT2D eigenvalue weighted by molar-refractivity contribution is 6.17. The van der Waals surface area contributed by atoms with Gasteiger partial charge < -0.3 is 8.98 Å². The smallest absolute Gasteiger partial charge is 0.136 e. The fourth-order valence-electron chi connectivity index (χ4n) is 8.40. The molecule has 1 aliphatic rings. The topological polar surface area (TPSA) is 18.1 Å². The van der Waals surface area contributed by atoms with E-state index in [-0.39, 0.29) is 5.92 Å². The minimum absolute atomic E-state index is 0.211. The zero-order valence-electron chi connectivity index (χ0n) is 26.6. The standard InChI is InChI=1S/C47H29NO/c1-2-12-34(13-3-1)48-43-23-21-32(26-40(43)41-28-46-42(27-44(41)48)36-15-8-9-17-45(36)49-46)31-20-22-38-39(25-31)35-14-6-7-16-37(35)47(38)33-19-18-29-10-4-5-11-30(29)24-33/h1-28,47H. The molecule has 1 atom stereocenters. The van der Waals surface area contributed by atoms with Gasteiger partial charge >= 0.3 is 0 Å². The molecular formula is C47H29NO. The zero-order valence-corrected chi connectivity index (χ0v) is 26.6. The van der Waals surface area contributed by atoms with E-state index in [1.807, 2.05) is 6.07 Å². The lowest BCUT2D eigenvalue weighted by Crippen LogP contribution is -1.99. The maximum Gasteiger partial charge on any atom is 0.136 e. The molecule has 2 heterocycles. The predicted molar refractivity (Wildman–Crippen MR) is 204 cm³/mol. The van der Waals surface area contributed by atoms with Crippen LogP contribution >= 0.6 is 0 Å². The van der Waals surface area contributed by atoms with Crippen molar-refractivity contribution < 1.29 is 4.42 Å². The Labute approximate surface area is 283 Å². The summed E-state index contributed by atoms with van der Waals surface area (Å²) in [4.78, 5) is 0. The Morgan fingerprint density at radius 1 is 0.408 bits per heavy atom. The van der Waals surface area contributed by atoms with E-state index in [1.165, 1.54) is 71.5 Å². The first-order valence-electron chi connectivity index (χ1n) is 17.0. The third-order valence-electron chi connectivity index (χ3n) is 10.6. The Hall–Kier alpha value is -6.38. The summed E-state index contributed by atoms with van der Waals surface area (Å²) in [6, 6.07) is 62.1. The van der Waals surface area contributed by atoms with Crippen molar-refractivity contribution in [2.45, 2.75) is 5.92 Å². The van der Waals surface area contributed by atoms with Crippen LogP contribution in [0.1, 0.15) is 22.6 Å². The molecule has 1 unspecified atom stereocenters. The van der Waals surface area contributed by atoms with E-state index >= 15 is 0 Å². The van der Waals surface area contributed by atoms with Crippen LogP contribution in [0.2, 0.25) is 0 Å². The summed E-state index contributed by atoms with van der Waals surface area (Å²) < 4.78 is 8.78. The number of fused-ring (bicyclic) bond motifs is 10. The average molecular weight is 624 g/mol. The number of furan rings is 1. The van der Waals surface area contributed by atoms with Crippen LogP contribution in [-0.4, -0.2) is 4.57 Å². The highest BCUT2D eigenvalue weighted by atomic mass is 16.3. The van der Waals surface area contributed by atoms with Crippen LogP contribution in [0.3, 0.4) is 0 Å². The number of rotatable bonds is 3. The van der Waals surface area contributed by atoms with Gasteiger partial charge in [-0.25, -0.2) is 0 Å². The van der Waals surface area contributed by atoms with Crippen LogP contribution in [0.25, 0.3) is 82.5 Å². The van der Waals surface area contributed by atoms with Crippen molar-refractivity contribution in [3.8, 4) is 27.9 Å². The van der Waals surface area contributed by atoms with Crippen LogP contribution in [0.5, 0.6) is 0 Å². The number of nitrogens with zero attached hydrogens (tertiary/aromatic N) is 1. The highest BCUT2D eigenvalue weighted by Gasteiger charge is 2.30. The number of benzene rings is 8. The lowest BCUT2D eigenvalue weighted by atomic mass is 9.87. The third kappa shape index (κ3) is 3.89. The van der Waals surface area contributed by atoms with Gasteiger partial charge in [0.25, 0.3) is 0 Å². The minimum atomic E-state index is 0.211. The quantitative estimate of drug-likeness (QED) is 0.191. The van der Waals surface area contributed by atoms with Crippen molar-refractivity contribution in [3.63, 3.8) is 0 Å². The summed E-state index contributed by atoms with van der Waals surface area (Å²) in [5, 5.41) is 7.25. The highest BCUT2D eigenvalue weighted by Crippen LogP contribution is 2.49. The first kappa shape index (κ1) is 26.7. The van der Waals surface area contributed by atoms with Crippen molar-refractivity contribution in [2.75, 3.05) is 0 Å². The molecule has 2 heteroatoms. The van der Waals surface area contributed by atoms with E-state index < -0.39 is 0 Å². The molecule has 1 aliphatic carbocycles. The molecule has 2 nitrogen and oxygen atoms in total. The molecule has 0 N–H and O–H groups in total. The summed E-state index contributed by atoms with van der Waals surface area (Å²) in [6.07, 6.45) is 0. The van der Waals surface area contributed by atoms with Gasteiger partial charge in [0.15, 0.2) is 0 Å². The summed E-state index contributed by atoms with van der Waals surface area (Å²) in [7, 11) is 0. The van der Waals surface area contributed by atoms with Gasteiger partial charge in [0.1, 0.15) is 11.2 Å².